The van der Waals surface area contributed by atoms with Crippen LogP contribution in [0.2, 0.25) is 0 Å². The maximum atomic E-state index is 12.6. The highest BCUT2D eigenvalue weighted by molar-refractivity contribution is 5.97. The topological polar surface area (TPSA) is 53.3 Å². The summed E-state index contributed by atoms with van der Waals surface area (Å²) < 4.78 is 5.27. The Balaban J connectivity index is 2.14. The van der Waals surface area contributed by atoms with Crippen LogP contribution in [0.5, 0.6) is 5.75 Å². The molecule has 4 heteroatoms. The maximum Gasteiger partial charge on any atom is 0.180 e. The van der Waals surface area contributed by atoms with Crippen LogP contribution in [0.4, 0.5) is 0 Å². The van der Waals surface area contributed by atoms with Crippen LogP contribution in [0, 0.1) is 11.5 Å². The van der Waals surface area contributed by atoms with E-state index in [1.807, 2.05) is 25.1 Å². The number of nitriles is 1. The molecule has 3 rings (SSSR count). The summed E-state index contributed by atoms with van der Waals surface area (Å²) in [6.07, 6.45) is 3.47. The molecule has 2 unspecified atom stereocenters. The summed E-state index contributed by atoms with van der Waals surface area (Å²) in [5.74, 6) is 0.954. The van der Waals surface area contributed by atoms with Crippen LogP contribution in [0.25, 0.3) is 0 Å². The van der Waals surface area contributed by atoms with Gasteiger partial charge in [-0.15, -0.1) is 0 Å². The first-order valence-corrected chi connectivity index (χ1v) is 6.48. The second-order valence-electron chi connectivity index (χ2n) is 5.48. The number of Topliss-reactive ketones (excluding diaryl/α,β-unsaturated/α-hetero) is 1. The molecular formula is C15H16N2O2. The number of piperidine rings is 1. The number of methoxy groups -OCH3 is 1. The van der Waals surface area contributed by atoms with Gasteiger partial charge in [0.2, 0.25) is 0 Å². The lowest BCUT2D eigenvalue weighted by atomic mass is 9.64. The highest BCUT2D eigenvalue weighted by Crippen LogP contribution is 2.43. The lowest BCUT2D eigenvalue weighted by Crippen LogP contribution is -2.58. The molecule has 98 valence electrons. The van der Waals surface area contributed by atoms with Crippen molar-refractivity contribution in [2.45, 2.75) is 31.2 Å². The summed E-state index contributed by atoms with van der Waals surface area (Å²) in [7, 11) is 1.63. The van der Waals surface area contributed by atoms with Crippen molar-refractivity contribution in [3.63, 3.8) is 0 Å². The lowest BCUT2D eigenvalue weighted by Gasteiger charge is -2.46. The van der Waals surface area contributed by atoms with Crippen LogP contribution in [-0.2, 0) is 16.6 Å². The number of likely N-dealkylation sites (tertiary alicyclic amines) is 1. The predicted octanol–water partition coefficient (Wildman–Crippen LogP) is 1.63. The third kappa shape index (κ3) is 1.54. The lowest BCUT2D eigenvalue weighted by molar-refractivity contribution is -0.132. The zero-order chi connectivity index (χ0) is 13.6. The van der Waals surface area contributed by atoms with Gasteiger partial charge in [0, 0.05) is 13.0 Å². The fourth-order valence-electron chi connectivity index (χ4n) is 3.30. The van der Waals surface area contributed by atoms with Crippen molar-refractivity contribution in [3.05, 3.63) is 29.3 Å². The standard InChI is InChI=1S/C15H16N2O2/c1-15-5-6-17(9-16)13(14(15)18)7-10-3-4-11(19-2)8-12(10)15/h3-4,8,13H,5-7H2,1-2H3. The Morgan fingerprint density at radius 2 is 2.32 bits per heavy atom. The first kappa shape index (κ1) is 12.0. The van der Waals surface area contributed by atoms with Crippen molar-refractivity contribution >= 4 is 5.78 Å². The molecule has 0 aromatic heterocycles. The van der Waals surface area contributed by atoms with Crippen LogP contribution in [0.3, 0.4) is 0 Å². The number of carbonyl (C=O) groups excluding carboxylic acids is 1. The van der Waals surface area contributed by atoms with Crippen LogP contribution >= 0.6 is 0 Å². The van der Waals surface area contributed by atoms with Crippen LogP contribution < -0.4 is 4.74 Å². The molecule has 1 fully saturated rings. The highest BCUT2D eigenvalue weighted by atomic mass is 16.5. The molecule has 19 heavy (non-hydrogen) atoms. The molecule has 0 radical (unpaired) electrons. The first-order valence-electron chi connectivity index (χ1n) is 6.48. The molecule has 1 saturated heterocycles. The monoisotopic (exact) mass is 256 g/mol. The molecule has 1 aromatic rings. The van der Waals surface area contributed by atoms with Crippen molar-refractivity contribution in [1.29, 1.82) is 5.26 Å². The Bertz CT molecular complexity index is 590. The number of rotatable bonds is 1. The molecule has 0 N–H and O–H groups in total. The molecule has 0 spiro atoms. The molecule has 1 aliphatic carbocycles. The average molecular weight is 256 g/mol. The van der Waals surface area contributed by atoms with E-state index in [1.54, 1.807) is 12.0 Å². The summed E-state index contributed by atoms with van der Waals surface area (Å²) >= 11 is 0. The van der Waals surface area contributed by atoms with Gasteiger partial charge in [0.05, 0.1) is 12.5 Å². The fraction of sp³-hybridized carbons (Fsp3) is 0.467. The Hall–Kier alpha value is -2.02. The van der Waals surface area contributed by atoms with Gasteiger partial charge in [-0.25, -0.2) is 0 Å². The maximum absolute atomic E-state index is 12.6. The van der Waals surface area contributed by atoms with Gasteiger partial charge >= 0.3 is 0 Å². The minimum absolute atomic E-state index is 0.168. The van der Waals surface area contributed by atoms with Gasteiger partial charge in [0.25, 0.3) is 0 Å². The Morgan fingerprint density at radius 1 is 1.53 bits per heavy atom. The molecule has 2 bridgehead atoms. The van der Waals surface area contributed by atoms with Gasteiger partial charge < -0.3 is 4.74 Å². The van der Waals surface area contributed by atoms with Crippen LogP contribution in [-0.4, -0.2) is 30.4 Å². The molecule has 4 nitrogen and oxygen atoms in total. The van der Waals surface area contributed by atoms with E-state index < -0.39 is 5.41 Å². The summed E-state index contributed by atoms with van der Waals surface area (Å²) in [5.41, 5.74) is 1.76. The zero-order valence-electron chi connectivity index (χ0n) is 11.1. The molecular weight excluding hydrogens is 240 g/mol. The van der Waals surface area contributed by atoms with Crippen molar-refractivity contribution < 1.29 is 9.53 Å². The van der Waals surface area contributed by atoms with Crippen molar-refractivity contribution in [1.82, 2.24) is 4.90 Å². The van der Waals surface area contributed by atoms with Gasteiger partial charge in [-0.2, -0.15) is 5.26 Å². The minimum atomic E-state index is -0.472. The van der Waals surface area contributed by atoms with E-state index in [4.69, 9.17) is 10.00 Å². The second kappa shape index (κ2) is 3.99. The summed E-state index contributed by atoms with van der Waals surface area (Å²) in [6.45, 7) is 2.65. The van der Waals surface area contributed by atoms with Gasteiger partial charge in [-0.1, -0.05) is 6.07 Å². The molecule has 1 aliphatic heterocycles. The molecule has 2 atom stereocenters. The Morgan fingerprint density at radius 3 is 3.00 bits per heavy atom. The number of benzene rings is 1. The van der Waals surface area contributed by atoms with Crippen molar-refractivity contribution in [2.75, 3.05) is 13.7 Å². The van der Waals surface area contributed by atoms with Gasteiger partial charge in [0.15, 0.2) is 12.0 Å². The minimum Gasteiger partial charge on any atom is -0.497 e. The summed E-state index contributed by atoms with van der Waals surface area (Å²) in [4.78, 5) is 14.2. The van der Waals surface area contributed by atoms with Gasteiger partial charge in [0.1, 0.15) is 11.8 Å². The largest absolute Gasteiger partial charge is 0.497 e. The Labute approximate surface area is 112 Å². The van der Waals surface area contributed by atoms with E-state index in [-0.39, 0.29) is 11.8 Å². The van der Waals surface area contributed by atoms with E-state index in [0.29, 0.717) is 19.4 Å². The van der Waals surface area contributed by atoms with E-state index in [1.165, 1.54) is 0 Å². The van der Waals surface area contributed by atoms with E-state index in [0.717, 1.165) is 16.9 Å². The van der Waals surface area contributed by atoms with Crippen LogP contribution in [0.1, 0.15) is 24.5 Å². The smallest absolute Gasteiger partial charge is 0.180 e. The van der Waals surface area contributed by atoms with Gasteiger partial charge in [-0.3, -0.25) is 9.69 Å². The average Bonchev–Trinajstić information content (AvgIpc) is 2.43. The first-order chi connectivity index (χ1) is 9.10. The number of nitrogens with zero attached hydrogens (tertiary/aromatic N) is 2. The normalized spacial score (nSPS) is 28.6. The number of carbonyl (C=O) groups is 1. The molecule has 0 saturated carbocycles. The molecule has 0 amide bonds. The second-order valence-corrected chi connectivity index (χ2v) is 5.48. The number of hydrogen-bond donors (Lipinski definition) is 0. The Kier molecular flexibility index (Phi) is 2.53. The molecule has 1 aromatic carbocycles. The SMILES string of the molecule is COc1ccc2c(c1)C1(C)CCN(C#N)C(C2)C1=O. The zero-order valence-corrected chi connectivity index (χ0v) is 11.1. The number of hydrogen-bond acceptors (Lipinski definition) is 4. The molecule has 2 aliphatic rings. The predicted molar refractivity (Wildman–Crippen MR) is 69.8 cm³/mol. The van der Waals surface area contributed by atoms with Crippen molar-refractivity contribution in [3.8, 4) is 11.9 Å². The quantitative estimate of drug-likeness (QED) is 0.717. The third-order valence-electron chi connectivity index (χ3n) is 4.53. The number of ketones is 1. The van der Waals surface area contributed by atoms with E-state index >= 15 is 0 Å². The number of ether oxygens (including phenoxy) is 1. The van der Waals surface area contributed by atoms with E-state index in [2.05, 4.69) is 6.19 Å². The summed E-state index contributed by atoms with van der Waals surface area (Å²) in [5, 5.41) is 9.14. The third-order valence-corrected chi connectivity index (χ3v) is 4.53. The summed E-state index contributed by atoms with van der Waals surface area (Å²) in [6, 6.07) is 5.63. The highest BCUT2D eigenvalue weighted by Gasteiger charge is 2.50. The van der Waals surface area contributed by atoms with Gasteiger partial charge in [-0.05, 0) is 36.6 Å². The molecule has 1 heterocycles. The van der Waals surface area contributed by atoms with Crippen LogP contribution in [0.15, 0.2) is 18.2 Å². The number of fused-ring (bicyclic) bond motifs is 4. The fourth-order valence-corrected chi connectivity index (χ4v) is 3.30. The van der Waals surface area contributed by atoms with Crippen molar-refractivity contribution in [2.24, 2.45) is 0 Å². The van der Waals surface area contributed by atoms with E-state index in [9.17, 15) is 4.79 Å².